The van der Waals surface area contributed by atoms with Crippen LogP contribution in [0.15, 0.2) is 88.9 Å². The number of aliphatic hydroxyl groups is 1. The van der Waals surface area contributed by atoms with Gasteiger partial charge in [0, 0.05) is 16.6 Å². The van der Waals surface area contributed by atoms with Crippen molar-refractivity contribution in [3.8, 4) is 5.75 Å². The van der Waals surface area contributed by atoms with E-state index in [1.165, 1.54) is 4.90 Å². The van der Waals surface area contributed by atoms with Crippen LogP contribution in [0, 0.1) is 0 Å². The molecular formula is C25H20BrNO4. The second-order valence-electron chi connectivity index (χ2n) is 7.20. The summed E-state index contributed by atoms with van der Waals surface area (Å²) in [6, 6.07) is 22.9. The molecule has 0 saturated carbocycles. The Kier molecular flexibility index (Phi) is 5.91. The maximum atomic E-state index is 13.1. The predicted octanol–water partition coefficient (Wildman–Crippen LogP) is 5.08. The van der Waals surface area contributed by atoms with Crippen LogP contribution in [0.3, 0.4) is 0 Å². The molecule has 1 fully saturated rings. The van der Waals surface area contributed by atoms with E-state index in [0.29, 0.717) is 11.3 Å². The Balaban J connectivity index is 1.85. The van der Waals surface area contributed by atoms with Crippen LogP contribution in [-0.4, -0.2) is 28.8 Å². The molecule has 1 saturated heterocycles. The molecule has 1 amide bonds. The van der Waals surface area contributed by atoms with Gasteiger partial charge in [-0.2, -0.15) is 0 Å². The van der Waals surface area contributed by atoms with Crippen LogP contribution in [0.5, 0.6) is 5.75 Å². The molecule has 5 nitrogen and oxygen atoms in total. The van der Waals surface area contributed by atoms with E-state index < -0.39 is 17.7 Å². The van der Waals surface area contributed by atoms with Crippen LogP contribution < -0.4 is 4.74 Å². The van der Waals surface area contributed by atoms with Crippen LogP contribution in [-0.2, 0) is 16.1 Å². The number of hydrogen-bond donors (Lipinski definition) is 1. The van der Waals surface area contributed by atoms with Crippen LogP contribution in [0.1, 0.15) is 22.7 Å². The molecule has 31 heavy (non-hydrogen) atoms. The van der Waals surface area contributed by atoms with Crippen molar-refractivity contribution in [1.29, 1.82) is 0 Å². The highest BCUT2D eigenvalue weighted by Gasteiger charge is 2.46. The van der Waals surface area contributed by atoms with Gasteiger partial charge in [-0.15, -0.1) is 0 Å². The summed E-state index contributed by atoms with van der Waals surface area (Å²) in [5.41, 5.74) is 2.15. The van der Waals surface area contributed by atoms with Crippen LogP contribution in [0.4, 0.5) is 0 Å². The highest BCUT2D eigenvalue weighted by Crippen LogP contribution is 2.41. The third kappa shape index (κ3) is 4.11. The zero-order valence-corrected chi connectivity index (χ0v) is 18.4. The summed E-state index contributed by atoms with van der Waals surface area (Å²) < 4.78 is 5.99. The SMILES string of the molecule is COc1ccc(C(O)=C2C(=O)C(=O)N(Cc3ccccc3)C2c2cccc(Br)c2)cc1. The van der Waals surface area contributed by atoms with Crippen LogP contribution in [0.2, 0.25) is 0 Å². The van der Waals surface area contributed by atoms with Crippen molar-refractivity contribution in [1.82, 2.24) is 4.90 Å². The first-order valence-electron chi connectivity index (χ1n) is 9.72. The Bertz CT molecular complexity index is 1160. The van der Waals surface area contributed by atoms with Crippen molar-refractivity contribution in [2.24, 2.45) is 0 Å². The van der Waals surface area contributed by atoms with Gasteiger partial charge in [0.2, 0.25) is 0 Å². The third-order valence-corrected chi connectivity index (χ3v) is 5.76. The molecule has 1 aliphatic rings. The lowest BCUT2D eigenvalue weighted by atomic mass is 9.95. The number of rotatable bonds is 5. The molecule has 1 atom stereocenters. The standard InChI is InChI=1S/C25H20BrNO4/c1-31-20-12-10-17(11-13-20)23(28)21-22(18-8-5-9-19(26)14-18)27(25(30)24(21)29)15-16-6-3-2-4-7-16/h2-14,22,28H,15H2,1H3. The van der Waals surface area contributed by atoms with E-state index in [4.69, 9.17) is 4.74 Å². The highest BCUT2D eigenvalue weighted by atomic mass is 79.9. The molecule has 1 N–H and O–H groups in total. The summed E-state index contributed by atoms with van der Waals surface area (Å²) in [6.45, 7) is 0.252. The minimum Gasteiger partial charge on any atom is -0.507 e. The van der Waals surface area contributed by atoms with E-state index in [2.05, 4.69) is 15.9 Å². The second-order valence-corrected chi connectivity index (χ2v) is 8.11. The van der Waals surface area contributed by atoms with E-state index in [9.17, 15) is 14.7 Å². The zero-order chi connectivity index (χ0) is 22.0. The lowest BCUT2D eigenvalue weighted by Gasteiger charge is -2.25. The lowest BCUT2D eigenvalue weighted by Crippen LogP contribution is -2.29. The lowest BCUT2D eigenvalue weighted by molar-refractivity contribution is -0.140. The molecule has 0 bridgehead atoms. The number of methoxy groups -OCH3 is 1. The summed E-state index contributed by atoms with van der Waals surface area (Å²) in [6.07, 6.45) is 0. The normalized spacial score (nSPS) is 17.7. The fourth-order valence-electron chi connectivity index (χ4n) is 3.75. The first-order valence-corrected chi connectivity index (χ1v) is 10.5. The number of likely N-dealkylation sites (tertiary alicyclic amines) is 1. The molecule has 156 valence electrons. The number of Topliss-reactive ketones (excluding diaryl/α,β-unsaturated/α-hetero) is 1. The maximum absolute atomic E-state index is 13.1. The Morgan fingerprint density at radius 2 is 1.71 bits per heavy atom. The van der Waals surface area contributed by atoms with Crippen LogP contribution >= 0.6 is 15.9 Å². The maximum Gasteiger partial charge on any atom is 0.295 e. The number of carbonyl (C=O) groups excluding carboxylic acids is 2. The van der Waals surface area contributed by atoms with Gasteiger partial charge in [0.05, 0.1) is 18.7 Å². The fraction of sp³-hybridized carbons (Fsp3) is 0.120. The molecular weight excluding hydrogens is 458 g/mol. The summed E-state index contributed by atoms with van der Waals surface area (Å²) in [5.74, 6) is -0.913. The van der Waals surface area contributed by atoms with Gasteiger partial charge in [0.1, 0.15) is 11.5 Å². The average molecular weight is 478 g/mol. The number of halogens is 1. The Morgan fingerprint density at radius 3 is 2.35 bits per heavy atom. The van der Waals surface area contributed by atoms with Crippen molar-refractivity contribution in [3.05, 3.63) is 106 Å². The van der Waals surface area contributed by atoms with Crippen molar-refractivity contribution < 1.29 is 19.4 Å². The number of ketones is 1. The van der Waals surface area contributed by atoms with E-state index in [1.54, 1.807) is 31.4 Å². The molecule has 1 unspecified atom stereocenters. The largest absolute Gasteiger partial charge is 0.507 e. The number of ether oxygens (including phenoxy) is 1. The Hall–Kier alpha value is -3.38. The number of amides is 1. The van der Waals surface area contributed by atoms with Gasteiger partial charge < -0.3 is 14.7 Å². The highest BCUT2D eigenvalue weighted by molar-refractivity contribution is 9.10. The molecule has 1 heterocycles. The van der Waals surface area contributed by atoms with Gasteiger partial charge in [-0.3, -0.25) is 9.59 Å². The van der Waals surface area contributed by atoms with E-state index in [1.807, 2.05) is 54.6 Å². The average Bonchev–Trinajstić information content (AvgIpc) is 3.04. The summed E-state index contributed by atoms with van der Waals surface area (Å²) in [7, 11) is 1.55. The van der Waals surface area contributed by atoms with Gasteiger partial charge in [0.25, 0.3) is 11.7 Å². The van der Waals surface area contributed by atoms with Gasteiger partial charge in [-0.25, -0.2) is 0 Å². The smallest absolute Gasteiger partial charge is 0.295 e. The molecule has 1 aliphatic heterocycles. The van der Waals surface area contributed by atoms with Crippen molar-refractivity contribution in [2.45, 2.75) is 12.6 Å². The molecule has 4 rings (SSSR count). The van der Waals surface area contributed by atoms with Crippen molar-refractivity contribution in [3.63, 3.8) is 0 Å². The number of nitrogens with zero attached hydrogens (tertiary/aromatic N) is 1. The first kappa shape index (κ1) is 20.9. The van der Waals surface area contributed by atoms with E-state index in [0.717, 1.165) is 15.6 Å². The Labute approximate surface area is 188 Å². The number of hydrogen-bond acceptors (Lipinski definition) is 4. The molecule has 0 spiro atoms. The number of carbonyl (C=O) groups is 2. The van der Waals surface area contributed by atoms with Gasteiger partial charge in [0.15, 0.2) is 0 Å². The summed E-state index contributed by atoms with van der Waals surface area (Å²) in [5, 5.41) is 11.1. The molecule has 6 heteroatoms. The van der Waals surface area contributed by atoms with Gasteiger partial charge >= 0.3 is 0 Å². The van der Waals surface area contributed by atoms with Crippen molar-refractivity contribution in [2.75, 3.05) is 7.11 Å². The summed E-state index contributed by atoms with van der Waals surface area (Å²) in [4.78, 5) is 27.6. The number of aliphatic hydroxyl groups excluding tert-OH is 1. The number of benzene rings is 3. The Morgan fingerprint density at radius 1 is 1.00 bits per heavy atom. The molecule has 3 aromatic rings. The van der Waals surface area contributed by atoms with Crippen molar-refractivity contribution >= 4 is 33.4 Å². The quantitative estimate of drug-likeness (QED) is 0.316. The van der Waals surface area contributed by atoms with Gasteiger partial charge in [-0.05, 0) is 47.5 Å². The fourth-order valence-corrected chi connectivity index (χ4v) is 4.17. The predicted molar refractivity (Wildman–Crippen MR) is 121 cm³/mol. The van der Waals surface area contributed by atoms with E-state index in [-0.39, 0.29) is 17.9 Å². The summed E-state index contributed by atoms with van der Waals surface area (Å²) >= 11 is 3.46. The monoisotopic (exact) mass is 477 g/mol. The molecule has 3 aromatic carbocycles. The topological polar surface area (TPSA) is 66.8 Å². The zero-order valence-electron chi connectivity index (χ0n) is 16.8. The minimum atomic E-state index is -0.709. The minimum absolute atomic E-state index is 0.0733. The van der Waals surface area contributed by atoms with Gasteiger partial charge in [-0.1, -0.05) is 58.4 Å². The molecule has 0 aliphatic carbocycles. The van der Waals surface area contributed by atoms with Crippen LogP contribution in [0.25, 0.3) is 5.76 Å². The molecule has 0 aromatic heterocycles. The first-order chi connectivity index (χ1) is 15.0. The molecule has 0 radical (unpaired) electrons. The second kappa shape index (κ2) is 8.78. The van der Waals surface area contributed by atoms with E-state index >= 15 is 0 Å². The third-order valence-electron chi connectivity index (χ3n) is 5.26.